The monoisotopic (exact) mass is 270 g/mol. The van der Waals surface area contributed by atoms with Crippen LogP contribution in [0.4, 0.5) is 4.39 Å². The normalized spacial score (nSPS) is 11.8. The van der Waals surface area contributed by atoms with Crippen molar-refractivity contribution in [1.82, 2.24) is 0 Å². The molecule has 0 aliphatic heterocycles. The number of aryl methyl sites for hydroxylation is 1. The molecule has 2 N–H and O–H groups in total. The van der Waals surface area contributed by atoms with E-state index in [1.807, 2.05) is 13.0 Å². The number of halogens is 1. The highest BCUT2D eigenvalue weighted by molar-refractivity contribution is 5.46. The number of para-hydroxylation sites is 1. The highest BCUT2D eigenvalue weighted by Crippen LogP contribution is 2.33. The van der Waals surface area contributed by atoms with Gasteiger partial charge in [-0.1, -0.05) is 18.2 Å². The van der Waals surface area contributed by atoms with Gasteiger partial charge in [-0.25, -0.2) is 4.39 Å². The Morgan fingerprint density at radius 1 is 1.30 bits per heavy atom. The summed E-state index contributed by atoms with van der Waals surface area (Å²) in [4.78, 5) is 0. The molecule has 0 aliphatic carbocycles. The molecule has 0 saturated heterocycles. The fraction of sp³-hybridized carbons (Fsp3) is 0.188. The Labute approximate surface area is 117 Å². The molecule has 0 saturated carbocycles. The van der Waals surface area contributed by atoms with Gasteiger partial charge in [-0.2, -0.15) is 5.26 Å². The molecular formula is C16H15FN2O. The van der Waals surface area contributed by atoms with E-state index in [1.54, 1.807) is 37.3 Å². The molecule has 0 bridgehead atoms. The minimum atomic E-state index is -0.471. The van der Waals surface area contributed by atoms with E-state index in [-0.39, 0.29) is 11.8 Å². The Kier molecular flexibility index (Phi) is 4.02. The predicted octanol–water partition coefficient (Wildman–Crippen LogP) is 3.82. The van der Waals surface area contributed by atoms with Gasteiger partial charge in [0.15, 0.2) is 11.6 Å². The van der Waals surface area contributed by atoms with Crippen LogP contribution in [0.2, 0.25) is 0 Å². The van der Waals surface area contributed by atoms with Gasteiger partial charge in [-0.05, 0) is 37.6 Å². The standard InChI is InChI=1S/C16H15FN2O/c1-10-6-7-12(9-18)8-15(10)20-16-13(11(2)19)4-3-5-14(16)17/h3-8,11H,19H2,1-2H3. The summed E-state index contributed by atoms with van der Waals surface area (Å²) >= 11 is 0. The predicted molar refractivity (Wildman–Crippen MR) is 75.0 cm³/mol. The molecule has 0 heterocycles. The molecule has 0 radical (unpaired) electrons. The van der Waals surface area contributed by atoms with Crippen LogP contribution in [0.1, 0.15) is 29.7 Å². The number of rotatable bonds is 3. The van der Waals surface area contributed by atoms with Crippen LogP contribution in [-0.4, -0.2) is 0 Å². The Balaban J connectivity index is 2.48. The number of nitrogens with two attached hydrogens (primary N) is 1. The van der Waals surface area contributed by atoms with Gasteiger partial charge in [-0.15, -0.1) is 0 Å². The molecular weight excluding hydrogens is 255 g/mol. The molecule has 0 spiro atoms. The lowest BCUT2D eigenvalue weighted by molar-refractivity contribution is 0.430. The average Bonchev–Trinajstić information content (AvgIpc) is 2.43. The molecule has 0 amide bonds. The summed E-state index contributed by atoms with van der Waals surface area (Å²) < 4.78 is 19.6. The van der Waals surface area contributed by atoms with E-state index < -0.39 is 5.82 Å². The Bertz CT molecular complexity index is 675. The number of nitriles is 1. The lowest BCUT2D eigenvalue weighted by Gasteiger charge is -2.15. The first-order valence-corrected chi connectivity index (χ1v) is 6.25. The van der Waals surface area contributed by atoms with Gasteiger partial charge >= 0.3 is 0 Å². The highest BCUT2D eigenvalue weighted by atomic mass is 19.1. The van der Waals surface area contributed by atoms with Crippen LogP contribution in [0, 0.1) is 24.1 Å². The van der Waals surface area contributed by atoms with Crippen LogP contribution in [0.3, 0.4) is 0 Å². The van der Waals surface area contributed by atoms with Crippen molar-refractivity contribution in [3.63, 3.8) is 0 Å². The topological polar surface area (TPSA) is 59.0 Å². The third-order valence-corrected chi connectivity index (χ3v) is 3.02. The van der Waals surface area contributed by atoms with Gasteiger partial charge in [0, 0.05) is 11.6 Å². The molecule has 0 aromatic heterocycles. The number of nitrogens with zero attached hydrogens (tertiary/aromatic N) is 1. The maximum Gasteiger partial charge on any atom is 0.167 e. The van der Waals surface area contributed by atoms with Crippen LogP contribution in [0.5, 0.6) is 11.5 Å². The molecule has 4 heteroatoms. The third-order valence-electron chi connectivity index (χ3n) is 3.02. The van der Waals surface area contributed by atoms with E-state index in [2.05, 4.69) is 0 Å². The fourth-order valence-electron chi connectivity index (χ4n) is 1.88. The summed E-state index contributed by atoms with van der Waals surface area (Å²) in [6.45, 7) is 3.60. The molecule has 20 heavy (non-hydrogen) atoms. The summed E-state index contributed by atoms with van der Waals surface area (Å²) in [7, 11) is 0. The van der Waals surface area contributed by atoms with Crippen LogP contribution >= 0.6 is 0 Å². The maximum atomic E-state index is 14.0. The average molecular weight is 270 g/mol. The first-order valence-electron chi connectivity index (χ1n) is 6.25. The van der Waals surface area contributed by atoms with Gasteiger partial charge in [0.2, 0.25) is 0 Å². The highest BCUT2D eigenvalue weighted by Gasteiger charge is 2.15. The number of hydrogen-bond acceptors (Lipinski definition) is 3. The van der Waals surface area contributed by atoms with E-state index in [4.69, 9.17) is 15.7 Å². The SMILES string of the molecule is Cc1ccc(C#N)cc1Oc1c(F)cccc1C(C)N. The third kappa shape index (κ3) is 2.79. The van der Waals surface area contributed by atoms with Gasteiger partial charge in [0.25, 0.3) is 0 Å². The first-order chi connectivity index (χ1) is 9.52. The Morgan fingerprint density at radius 2 is 2.05 bits per heavy atom. The largest absolute Gasteiger partial charge is 0.454 e. The summed E-state index contributed by atoms with van der Waals surface area (Å²) in [5, 5.41) is 8.92. The molecule has 1 atom stereocenters. The zero-order valence-corrected chi connectivity index (χ0v) is 11.4. The van der Waals surface area contributed by atoms with Gasteiger partial charge in [0.05, 0.1) is 11.6 Å². The Hall–Kier alpha value is -2.38. The summed E-state index contributed by atoms with van der Waals surface area (Å²) in [5.74, 6) is 0.0956. The minimum absolute atomic E-state index is 0.112. The number of hydrogen-bond donors (Lipinski definition) is 1. The van der Waals surface area contributed by atoms with Gasteiger partial charge < -0.3 is 10.5 Å². The van der Waals surface area contributed by atoms with Crippen molar-refractivity contribution in [2.24, 2.45) is 5.73 Å². The zero-order chi connectivity index (χ0) is 14.7. The van der Waals surface area contributed by atoms with Crippen LogP contribution in [-0.2, 0) is 0 Å². The van der Waals surface area contributed by atoms with Crippen LogP contribution < -0.4 is 10.5 Å². The molecule has 3 nitrogen and oxygen atoms in total. The zero-order valence-electron chi connectivity index (χ0n) is 11.4. The molecule has 0 aliphatic rings. The molecule has 2 rings (SSSR count). The van der Waals surface area contributed by atoms with E-state index in [0.29, 0.717) is 16.9 Å². The van der Waals surface area contributed by atoms with Gasteiger partial charge in [0.1, 0.15) is 5.75 Å². The summed E-state index contributed by atoms with van der Waals surface area (Å²) in [5.41, 5.74) is 7.71. The van der Waals surface area contributed by atoms with E-state index in [1.165, 1.54) is 6.07 Å². The van der Waals surface area contributed by atoms with Crippen LogP contribution in [0.25, 0.3) is 0 Å². The van der Waals surface area contributed by atoms with Crippen molar-refractivity contribution < 1.29 is 9.13 Å². The maximum absolute atomic E-state index is 14.0. The smallest absolute Gasteiger partial charge is 0.167 e. The van der Waals surface area contributed by atoms with E-state index >= 15 is 0 Å². The summed E-state index contributed by atoms with van der Waals surface area (Å²) in [6, 6.07) is 11.4. The number of ether oxygens (including phenoxy) is 1. The molecule has 102 valence electrons. The van der Waals surface area contributed by atoms with Crippen molar-refractivity contribution in [3.8, 4) is 17.6 Å². The lowest BCUT2D eigenvalue weighted by Crippen LogP contribution is -2.08. The molecule has 0 fully saturated rings. The second kappa shape index (κ2) is 5.72. The van der Waals surface area contributed by atoms with Crippen molar-refractivity contribution in [1.29, 1.82) is 5.26 Å². The van der Waals surface area contributed by atoms with Crippen LogP contribution in [0.15, 0.2) is 36.4 Å². The van der Waals surface area contributed by atoms with E-state index in [0.717, 1.165) is 5.56 Å². The first kappa shape index (κ1) is 14.0. The van der Waals surface area contributed by atoms with Crippen molar-refractivity contribution >= 4 is 0 Å². The quantitative estimate of drug-likeness (QED) is 0.922. The van der Waals surface area contributed by atoms with Crippen molar-refractivity contribution in [2.75, 3.05) is 0 Å². The minimum Gasteiger partial charge on any atom is -0.454 e. The molecule has 2 aromatic carbocycles. The molecule has 2 aromatic rings. The van der Waals surface area contributed by atoms with Crippen molar-refractivity contribution in [3.05, 3.63) is 58.9 Å². The molecule has 1 unspecified atom stereocenters. The Morgan fingerprint density at radius 3 is 2.70 bits per heavy atom. The van der Waals surface area contributed by atoms with Gasteiger partial charge in [-0.3, -0.25) is 0 Å². The lowest BCUT2D eigenvalue weighted by atomic mass is 10.1. The van der Waals surface area contributed by atoms with E-state index in [9.17, 15) is 4.39 Å². The number of benzene rings is 2. The second-order valence-electron chi connectivity index (χ2n) is 4.64. The fourth-order valence-corrected chi connectivity index (χ4v) is 1.88. The second-order valence-corrected chi connectivity index (χ2v) is 4.64. The van der Waals surface area contributed by atoms with Crippen molar-refractivity contribution in [2.45, 2.75) is 19.9 Å². The summed E-state index contributed by atoms with van der Waals surface area (Å²) in [6.07, 6.45) is 0.